The highest BCUT2D eigenvalue weighted by Gasteiger charge is 2.40. The van der Waals surface area contributed by atoms with Crippen molar-refractivity contribution in [3.63, 3.8) is 0 Å². The number of rotatable bonds is 0. The van der Waals surface area contributed by atoms with Crippen LogP contribution in [0.25, 0.3) is 0 Å². The van der Waals surface area contributed by atoms with Gasteiger partial charge in [0.05, 0.1) is 13.7 Å². The Hall–Kier alpha value is -1.40. The predicted octanol–water partition coefficient (Wildman–Crippen LogP) is 0.795. The first-order valence-electron chi connectivity index (χ1n) is 3.75. The summed E-state index contributed by atoms with van der Waals surface area (Å²) in [4.78, 5) is 20.0. The lowest BCUT2D eigenvalue weighted by molar-refractivity contribution is -0.122. The summed E-state index contributed by atoms with van der Waals surface area (Å²) in [6, 6.07) is 0. The van der Waals surface area contributed by atoms with Gasteiger partial charge >= 0.3 is 6.09 Å². The topological polar surface area (TPSA) is 66.8 Å². The van der Waals surface area contributed by atoms with Gasteiger partial charge in [0.15, 0.2) is 0 Å². The Morgan fingerprint density at radius 1 is 1.64 bits per heavy atom. The van der Waals surface area contributed by atoms with E-state index in [4.69, 9.17) is 9.90 Å². The summed E-state index contributed by atoms with van der Waals surface area (Å²) in [7, 11) is 1.18. The SMILES string of the molecule is COC(=O)N1CCC(F)(F)C1.O=CO. The number of ether oxygens (including phenoxy) is 1. The molecule has 0 unspecified atom stereocenters. The van der Waals surface area contributed by atoms with E-state index < -0.39 is 18.6 Å². The first-order chi connectivity index (χ1) is 6.46. The van der Waals surface area contributed by atoms with Crippen molar-refractivity contribution >= 4 is 12.6 Å². The normalized spacial score (nSPS) is 18.1. The van der Waals surface area contributed by atoms with E-state index in [2.05, 4.69) is 4.74 Å². The zero-order chi connectivity index (χ0) is 11.2. The van der Waals surface area contributed by atoms with Crippen molar-refractivity contribution in [2.24, 2.45) is 0 Å². The number of likely N-dealkylation sites (tertiary alicyclic amines) is 1. The number of carbonyl (C=O) groups excluding carboxylic acids is 1. The summed E-state index contributed by atoms with van der Waals surface area (Å²) in [6.07, 6.45) is -0.940. The molecule has 7 heteroatoms. The van der Waals surface area contributed by atoms with Gasteiger partial charge in [-0.2, -0.15) is 0 Å². The van der Waals surface area contributed by atoms with Gasteiger partial charge in [0, 0.05) is 13.0 Å². The van der Waals surface area contributed by atoms with Crippen LogP contribution in [0.5, 0.6) is 0 Å². The van der Waals surface area contributed by atoms with Crippen molar-refractivity contribution in [3.05, 3.63) is 0 Å². The van der Waals surface area contributed by atoms with Crippen LogP contribution in [0.2, 0.25) is 0 Å². The first kappa shape index (κ1) is 12.6. The van der Waals surface area contributed by atoms with E-state index in [-0.39, 0.29) is 19.4 Å². The minimum atomic E-state index is -2.73. The van der Waals surface area contributed by atoms with Crippen LogP contribution < -0.4 is 0 Å². The number of hydrogen-bond donors (Lipinski definition) is 1. The van der Waals surface area contributed by atoms with Crippen molar-refractivity contribution in [3.8, 4) is 0 Å². The molecule has 1 N–H and O–H groups in total. The molecule has 1 fully saturated rings. The molecule has 0 saturated carbocycles. The molecule has 0 aliphatic carbocycles. The van der Waals surface area contributed by atoms with Crippen LogP contribution in [-0.2, 0) is 9.53 Å². The monoisotopic (exact) mass is 211 g/mol. The zero-order valence-corrected chi connectivity index (χ0v) is 7.57. The third kappa shape index (κ3) is 4.01. The highest BCUT2D eigenvalue weighted by molar-refractivity contribution is 5.67. The quantitative estimate of drug-likeness (QED) is 0.601. The smallest absolute Gasteiger partial charge is 0.409 e. The summed E-state index contributed by atoms with van der Waals surface area (Å²) in [5, 5.41) is 6.89. The zero-order valence-electron chi connectivity index (χ0n) is 7.57. The van der Waals surface area contributed by atoms with Gasteiger partial charge < -0.3 is 14.7 Å². The van der Waals surface area contributed by atoms with Crippen molar-refractivity contribution in [1.82, 2.24) is 4.90 Å². The van der Waals surface area contributed by atoms with Crippen molar-refractivity contribution in [2.45, 2.75) is 12.3 Å². The van der Waals surface area contributed by atoms with Crippen molar-refractivity contribution in [2.75, 3.05) is 20.2 Å². The van der Waals surface area contributed by atoms with E-state index in [0.717, 1.165) is 4.90 Å². The molecule has 1 aliphatic rings. The number of carboxylic acid groups (broad SMARTS) is 1. The van der Waals surface area contributed by atoms with Crippen LogP contribution in [-0.4, -0.2) is 48.7 Å². The van der Waals surface area contributed by atoms with Crippen LogP contribution in [0.3, 0.4) is 0 Å². The number of nitrogens with zero attached hydrogens (tertiary/aromatic N) is 1. The average Bonchev–Trinajstić information content (AvgIpc) is 2.46. The van der Waals surface area contributed by atoms with Gasteiger partial charge in [-0.1, -0.05) is 0 Å². The average molecular weight is 211 g/mol. The number of methoxy groups -OCH3 is 1. The third-order valence-electron chi connectivity index (χ3n) is 1.60. The van der Waals surface area contributed by atoms with Crippen molar-refractivity contribution < 1.29 is 28.2 Å². The maximum Gasteiger partial charge on any atom is 0.409 e. The lowest BCUT2D eigenvalue weighted by atomic mass is 10.3. The molecule has 0 radical (unpaired) electrons. The van der Waals surface area contributed by atoms with Gasteiger partial charge in [-0.15, -0.1) is 0 Å². The van der Waals surface area contributed by atoms with E-state index in [0.29, 0.717) is 0 Å². The van der Waals surface area contributed by atoms with Crippen molar-refractivity contribution in [1.29, 1.82) is 0 Å². The fourth-order valence-electron chi connectivity index (χ4n) is 1.02. The minimum absolute atomic E-state index is 0.0830. The third-order valence-corrected chi connectivity index (χ3v) is 1.60. The lowest BCUT2D eigenvalue weighted by Gasteiger charge is -2.13. The Kier molecular flexibility index (Phi) is 4.82. The Balaban J connectivity index is 0.000000500. The predicted molar refractivity (Wildman–Crippen MR) is 42.2 cm³/mol. The summed E-state index contributed by atoms with van der Waals surface area (Å²) >= 11 is 0. The second kappa shape index (κ2) is 5.36. The maximum absolute atomic E-state index is 12.4. The molecule has 0 aromatic carbocycles. The molecule has 14 heavy (non-hydrogen) atoms. The molecule has 0 aromatic heterocycles. The van der Waals surface area contributed by atoms with Crippen LogP contribution in [0, 0.1) is 0 Å². The Morgan fingerprint density at radius 2 is 2.14 bits per heavy atom. The fourth-order valence-corrected chi connectivity index (χ4v) is 1.02. The Bertz CT molecular complexity index is 210. The molecule has 82 valence electrons. The number of halogens is 2. The molecular formula is C7H11F2NO4. The lowest BCUT2D eigenvalue weighted by Crippen LogP contribution is -2.31. The largest absolute Gasteiger partial charge is 0.483 e. The molecule has 1 rings (SSSR count). The van der Waals surface area contributed by atoms with Crippen LogP contribution >= 0.6 is 0 Å². The standard InChI is InChI=1S/C6H9F2NO2.CH2O2/c1-11-5(10)9-3-2-6(7,8)4-9;2-1-3/h2-4H2,1H3;1H,(H,2,3). The van der Waals surface area contributed by atoms with Gasteiger partial charge in [-0.25, -0.2) is 13.6 Å². The molecule has 0 spiro atoms. The molecular weight excluding hydrogens is 200 g/mol. The summed E-state index contributed by atoms with van der Waals surface area (Å²) in [5.41, 5.74) is 0. The molecule has 0 bridgehead atoms. The highest BCUT2D eigenvalue weighted by atomic mass is 19.3. The summed E-state index contributed by atoms with van der Waals surface area (Å²) in [6.45, 7) is -0.681. The molecule has 1 heterocycles. The highest BCUT2D eigenvalue weighted by Crippen LogP contribution is 2.26. The number of hydrogen-bond acceptors (Lipinski definition) is 3. The Labute approximate surface area is 79.3 Å². The van der Waals surface area contributed by atoms with Gasteiger partial charge in [0.25, 0.3) is 12.4 Å². The van der Waals surface area contributed by atoms with E-state index in [1.54, 1.807) is 0 Å². The minimum Gasteiger partial charge on any atom is -0.483 e. The van der Waals surface area contributed by atoms with Crippen LogP contribution in [0.4, 0.5) is 13.6 Å². The van der Waals surface area contributed by atoms with Gasteiger partial charge in [-0.05, 0) is 0 Å². The van der Waals surface area contributed by atoms with Gasteiger partial charge in [0.2, 0.25) is 0 Å². The second-order valence-corrected chi connectivity index (χ2v) is 2.60. The Morgan fingerprint density at radius 3 is 2.43 bits per heavy atom. The second-order valence-electron chi connectivity index (χ2n) is 2.60. The maximum atomic E-state index is 12.4. The van der Waals surface area contributed by atoms with E-state index in [9.17, 15) is 13.6 Å². The molecule has 1 aliphatic heterocycles. The molecule has 1 saturated heterocycles. The van der Waals surface area contributed by atoms with Crippen LogP contribution in [0.1, 0.15) is 6.42 Å². The summed E-state index contributed by atoms with van der Waals surface area (Å²) in [5.74, 6) is -2.73. The van der Waals surface area contributed by atoms with E-state index >= 15 is 0 Å². The van der Waals surface area contributed by atoms with Crippen LogP contribution in [0.15, 0.2) is 0 Å². The number of amides is 1. The van der Waals surface area contributed by atoms with E-state index in [1.165, 1.54) is 7.11 Å². The number of carbonyl (C=O) groups is 2. The number of alkyl halides is 2. The molecule has 5 nitrogen and oxygen atoms in total. The van der Waals surface area contributed by atoms with E-state index in [1.807, 2.05) is 0 Å². The molecule has 0 atom stereocenters. The fraction of sp³-hybridized carbons (Fsp3) is 0.714. The first-order valence-corrected chi connectivity index (χ1v) is 3.75. The summed E-state index contributed by atoms with van der Waals surface area (Å²) < 4.78 is 29.2. The van der Waals surface area contributed by atoms with Gasteiger partial charge in [0.1, 0.15) is 0 Å². The molecule has 1 amide bonds. The molecule has 0 aromatic rings. The van der Waals surface area contributed by atoms with Gasteiger partial charge in [-0.3, -0.25) is 4.79 Å².